The van der Waals surface area contributed by atoms with Crippen LogP contribution < -0.4 is 15.5 Å². The number of halogens is 3. The maximum absolute atomic E-state index is 13.5. The minimum atomic E-state index is -4.39. The van der Waals surface area contributed by atoms with Crippen LogP contribution in [0.25, 0.3) is 0 Å². The lowest BCUT2D eigenvalue weighted by Gasteiger charge is -2.36. The summed E-state index contributed by atoms with van der Waals surface area (Å²) in [4.78, 5) is 16.1. The number of piperazine rings is 1. The van der Waals surface area contributed by atoms with Gasteiger partial charge in [0.15, 0.2) is 0 Å². The van der Waals surface area contributed by atoms with E-state index in [1.807, 2.05) is 17.0 Å². The standard InChI is InChI=1S/C18H25F3N4O2/c19-18(20,21)16(25-7-5-22-6-8-25)13-23-17(26)14-3-1-2-4-15(14)24-9-11-27-12-10-24/h1-4,16,22H,5-13H2,(H,23,26). The van der Waals surface area contributed by atoms with Crippen molar-refractivity contribution >= 4 is 11.6 Å². The van der Waals surface area contributed by atoms with Gasteiger partial charge in [-0.05, 0) is 12.1 Å². The van der Waals surface area contributed by atoms with Crippen molar-refractivity contribution in [3.05, 3.63) is 29.8 Å². The van der Waals surface area contributed by atoms with Gasteiger partial charge in [0.25, 0.3) is 5.91 Å². The van der Waals surface area contributed by atoms with Crippen LogP contribution in [0.1, 0.15) is 10.4 Å². The Kier molecular flexibility index (Phi) is 6.56. The van der Waals surface area contributed by atoms with E-state index in [0.717, 1.165) is 5.69 Å². The first kappa shape index (κ1) is 19.9. The quantitative estimate of drug-likeness (QED) is 0.794. The number of hydrogen-bond acceptors (Lipinski definition) is 5. The topological polar surface area (TPSA) is 56.8 Å². The van der Waals surface area contributed by atoms with Crippen LogP contribution in [0.5, 0.6) is 0 Å². The zero-order chi connectivity index (χ0) is 19.3. The molecular formula is C18H25F3N4O2. The Hall–Kier alpha value is -1.84. The number of morpholine rings is 1. The van der Waals surface area contributed by atoms with Gasteiger partial charge in [-0.15, -0.1) is 0 Å². The van der Waals surface area contributed by atoms with E-state index in [0.29, 0.717) is 58.0 Å². The summed E-state index contributed by atoms with van der Waals surface area (Å²) >= 11 is 0. The maximum Gasteiger partial charge on any atom is 0.405 e. The smallest absolute Gasteiger partial charge is 0.378 e. The summed E-state index contributed by atoms with van der Waals surface area (Å²) in [6, 6.07) is 5.32. The SMILES string of the molecule is O=C(NCC(N1CCNCC1)C(F)(F)F)c1ccccc1N1CCOCC1. The van der Waals surface area contributed by atoms with Crippen LogP contribution >= 0.6 is 0 Å². The number of carbonyl (C=O) groups excluding carboxylic acids is 1. The molecule has 2 heterocycles. The van der Waals surface area contributed by atoms with Gasteiger partial charge in [-0.1, -0.05) is 12.1 Å². The fourth-order valence-electron chi connectivity index (χ4n) is 3.48. The van der Waals surface area contributed by atoms with Crippen molar-refractivity contribution in [3.63, 3.8) is 0 Å². The summed E-state index contributed by atoms with van der Waals surface area (Å²) in [7, 11) is 0. The zero-order valence-corrected chi connectivity index (χ0v) is 15.1. The van der Waals surface area contributed by atoms with Gasteiger partial charge in [0.2, 0.25) is 0 Å². The van der Waals surface area contributed by atoms with E-state index < -0.39 is 24.7 Å². The molecule has 6 nitrogen and oxygen atoms in total. The Morgan fingerprint density at radius 1 is 1.15 bits per heavy atom. The van der Waals surface area contributed by atoms with Crippen molar-refractivity contribution in [2.75, 3.05) is 63.9 Å². The van der Waals surface area contributed by atoms with Gasteiger partial charge >= 0.3 is 6.18 Å². The number of nitrogens with zero attached hydrogens (tertiary/aromatic N) is 2. The molecule has 0 saturated carbocycles. The van der Waals surface area contributed by atoms with E-state index in [9.17, 15) is 18.0 Å². The second kappa shape index (κ2) is 8.90. The summed E-state index contributed by atoms with van der Waals surface area (Å²) in [5.74, 6) is -0.485. The first-order chi connectivity index (χ1) is 13.0. The molecule has 1 atom stereocenters. The minimum absolute atomic E-state index is 0.310. The Morgan fingerprint density at radius 3 is 2.48 bits per heavy atom. The van der Waals surface area contributed by atoms with Gasteiger partial charge in [-0.25, -0.2) is 0 Å². The van der Waals surface area contributed by atoms with Crippen LogP contribution in [0.3, 0.4) is 0 Å². The number of carbonyl (C=O) groups is 1. The lowest BCUT2D eigenvalue weighted by atomic mass is 10.1. The molecule has 0 aromatic heterocycles. The molecule has 9 heteroatoms. The first-order valence-corrected chi connectivity index (χ1v) is 9.18. The summed E-state index contributed by atoms with van der Waals surface area (Å²) < 4.78 is 45.8. The number of rotatable bonds is 5. The van der Waals surface area contributed by atoms with Crippen LogP contribution in [-0.4, -0.2) is 82.1 Å². The Bertz CT molecular complexity index is 629. The monoisotopic (exact) mass is 386 g/mol. The number of alkyl halides is 3. The minimum Gasteiger partial charge on any atom is -0.378 e. The first-order valence-electron chi connectivity index (χ1n) is 9.18. The van der Waals surface area contributed by atoms with E-state index in [1.165, 1.54) is 4.90 Å². The fraction of sp³-hybridized carbons (Fsp3) is 0.611. The zero-order valence-electron chi connectivity index (χ0n) is 15.1. The van der Waals surface area contributed by atoms with Gasteiger partial charge < -0.3 is 20.3 Å². The highest BCUT2D eigenvalue weighted by Crippen LogP contribution is 2.25. The molecule has 1 unspecified atom stereocenters. The van der Waals surface area contributed by atoms with Gasteiger partial charge in [-0.2, -0.15) is 13.2 Å². The highest BCUT2D eigenvalue weighted by atomic mass is 19.4. The van der Waals surface area contributed by atoms with E-state index in [4.69, 9.17) is 4.74 Å². The van der Waals surface area contributed by atoms with Crippen molar-refractivity contribution in [1.82, 2.24) is 15.5 Å². The van der Waals surface area contributed by atoms with Crippen LogP contribution in [-0.2, 0) is 4.74 Å². The summed E-state index contributed by atoms with van der Waals surface area (Å²) in [5.41, 5.74) is 1.12. The largest absolute Gasteiger partial charge is 0.405 e. The second-order valence-electron chi connectivity index (χ2n) is 6.67. The van der Waals surface area contributed by atoms with Crippen molar-refractivity contribution in [3.8, 4) is 0 Å². The lowest BCUT2D eigenvalue weighted by Crippen LogP contribution is -2.57. The maximum atomic E-state index is 13.5. The average molecular weight is 386 g/mol. The predicted octanol–water partition coefficient (Wildman–Crippen LogP) is 1.09. The molecule has 2 aliphatic rings. The molecule has 2 N–H and O–H groups in total. The van der Waals surface area contributed by atoms with E-state index in [-0.39, 0.29) is 0 Å². The van der Waals surface area contributed by atoms with Gasteiger partial charge in [-0.3, -0.25) is 9.69 Å². The number of para-hydroxylation sites is 1. The number of benzene rings is 1. The van der Waals surface area contributed by atoms with E-state index >= 15 is 0 Å². The van der Waals surface area contributed by atoms with Crippen molar-refractivity contribution in [2.24, 2.45) is 0 Å². The van der Waals surface area contributed by atoms with E-state index in [2.05, 4.69) is 10.6 Å². The van der Waals surface area contributed by atoms with Gasteiger partial charge in [0, 0.05) is 51.5 Å². The highest BCUT2D eigenvalue weighted by Gasteiger charge is 2.43. The predicted molar refractivity (Wildman–Crippen MR) is 96.1 cm³/mol. The number of ether oxygens (including phenoxy) is 1. The molecule has 0 radical (unpaired) electrons. The second-order valence-corrected chi connectivity index (χ2v) is 6.67. The number of amides is 1. The fourth-order valence-corrected chi connectivity index (χ4v) is 3.48. The molecule has 2 saturated heterocycles. The van der Waals surface area contributed by atoms with Crippen LogP contribution in [0, 0.1) is 0 Å². The summed E-state index contributed by atoms with van der Waals surface area (Å²) in [6.45, 7) is 3.62. The van der Waals surface area contributed by atoms with Crippen LogP contribution in [0.2, 0.25) is 0 Å². The van der Waals surface area contributed by atoms with Crippen LogP contribution in [0.15, 0.2) is 24.3 Å². The molecule has 1 aromatic carbocycles. The molecule has 0 spiro atoms. The Morgan fingerprint density at radius 2 is 1.81 bits per heavy atom. The van der Waals surface area contributed by atoms with E-state index in [1.54, 1.807) is 12.1 Å². The molecule has 2 fully saturated rings. The lowest BCUT2D eigenvalue weighted by molar-refractivity contribution is -0.183. The van der Waals surface area contributed by atoms with Crippen molar-refractivity contribution < 1.29 is 22.7 Å². The Labute approximate surface area is 156 Å². The van der Waals surface area contributed by atoms with Crippen molar-refractivity contribution in [1.29, 1.82) is 0 Å². The highest BCUT2D eigenvalue weighted by molar-refractivity contribution is 5.99. The molecule has 150 valence electrons. The van der Waals surface area contributed by atoms with Crippen molar-refractivity contribution in [2.45, 2.75) is 12.2 Å². The summed E-state index contributed by atoms with van der Waals surface area (Å²) in [6.07, 6.45) is -4.39. The molecular weight excluding hydrogens is 361 g/mol. The number of hydrogen-bond donors (Lipinski definition) is 2. The van der Waals surface area contributed by atoms with Gasteiger partial charge in [0.05, 0.1) is 18.8 Å². The number of nitrogens with one attached hydrogen (secondary N) is 2. The average Bonchev–Trinajstić information content (AvgIpc) is 2.68. The molecule has 0 bridgehead atoms. The third-order valence-corrected chi connectivity index (χ3v) is 4.93. The van der Waals surface area contributed by atoms with Gasteiger partial charge in [0.1, 0.15) is 6.04 Å². The molecule has 3 rings (SSSR count). The third kappa shape index (κ3) is 5.12. The molecule has 27 heavy (non-hydrogen) atoms. The Balaban J connectivity index is 1.69. The molecule has 0 aliphatic carbocycles. The van der Waals surface area contributed by atoms with Crippen LogP contribution in [0.4, 0.5) is 18.9 Å². The molecule has 1 amide bonds. The summed E-state index contributed by atoms with van der Waals surface area (Å²) in [5, 5.41) is 5.55. The molecule has 1 aromatic rings. The normalized spacial score (nSPS) is 20.3. The number of anilines is 1. The third-order valence-electron chi connectivity index (χ3n) is 4.93. The molecule has 2 aliphatic heterocycles.